The van der Waals surface area contributed by atoms with E-state index in [2.05, 4.69) is 11.9 Å². The van der Waals surface area contributed by atoms with Gasteiger partial charge in [-0.25, -0.2) is 0 Å². The zero-order valence-electron chi connectivity index (χ0n) is 13.0. The number of aryl methyl sites for hydroxylation is 1. The minimum atomic E-state index is -0.964. The minimum Gasteiger partial charge on any atom is -0.481 e. The van der Waals surface area contributed by atoms with E-state index in [1.807, 2.05) is 31.2 Å². The fourth-order valence-corrected chi connectivity index (χ4v) is 2.08. The third-order valence-electron chi connectivity index (χ3n) is 3.32. The number of carbonyl (C=O) groups is 2. The van der Waals surface area contributed by atoms with Crippen molar-refractivity contribution in [2.75, 3.05) is 6.61 Å². The molecule has 1 aromatic carbocycles. The van der Waals surface area contributed by atoms with Crippen molar-refractivity contribution in [3.63, 3.8) is 0 Å². The van der Waals surface area contributed by atoms with Crippen LogP contribution in [0.2, 0.25) is 0 Å². The van der Waals surface area contributed by atoms with Crippen LogP contribution in [0.25, 0.3) is 0 Å². The molecule has 0 aliphatic rings. The van der Waals surface area contributed by atoms with Crippen molar-refractivity contribution in [2.24, 2.45) is 0 Å². The van der Waals surface area contributed by atoms with Gasteiger partial charge in [-0.05, 0) is 31.4 Å². The molecular weight excluding hydrogens is 282 g/mol. The first-order chi connectivity index (χ1) is 10.5. The molecule has 0 fully saturated rings. The van der Waals surface area contributed by atoms with E-state index in [0.29, 0.717) is 13.0 Å². The van der Waals surface area contributed by atoms with Gasteiger partial charge >= 0.3 is 5.97 Å². The molecule has 2 atom stereocenters. The summed E-state index contributed by atoms with van der Waals surface area (Å²) in [5.74, 6) is -1.28. The Labute approximate surface area is 131 Å². The number of ether oxygens (including phenoxy) is 1. The van der Waals surface area contributed by atoms with E-state index in [9.17, 15) is 9.59 Å². The summed E-state index contributed by atoms with van der Waals surface area (Å²) in [5, 5.41) is 11.8. The summed E-state index contributed by atoms with van der Waals surface area (Å²) in [6, 6.07) is 6.84. The van der Waals surface area contributed by atoms with E-state index in [4.69, 9.17) is 9.84 Å². The number of carboxylic acids is 1. The molecule has 1 aromatic rings. The molecule has 0 spiro atoms. The summed E-state index contributed by atoms with van der Waals surface area (Å²) < 4.78 is 5.39. The Kier molecular flexibility index (Phi) is 7.32. The van der Waals surface area contributed by atoms with Crippen LogP contribution < -0.4 is 5.32 Å². The molecular formula is C17H23NO4. The average molecular weight is 305 g/mol. The lowest BCUT2D eigenvalue weighted by Crippen LogP contribution is -2.38. The van der Waals surface area contributed by atoms with E-state index < -0.39 is 18.1 Å². The summed E-state index contributed by atoms with van der Waals surface area (Å²) in [7, 11) is 0. The van der Waals surface area contributed by atoms with Crippen LogP contribution in [-0.4, -0.2) is 29.7 Å². The van der Waals surface area contributed by atoms with Crippen LogP contribution in [0.15, 0.2) is 36.9 Å². The molecule has 5 heteroatoms. The van der Waals surface area contributed by atoms with Gasteiger partial charge in [0.25, 0.3) is 0 Å². The molecule has 0 aromatic heterocycles. The molecule has 1 amide bonds. The van der Waals surface area contributed by atoms with Gasteiger partial charge in [0, 0.05) is 0 Å². The minimum absolute atomic E-state index is 0.171. The first kappa shape index (κ1) is 17.9. The predicted molar refractivity (Wildman–Crippen MR) is 84.5 cm³/mol. The van der Waals surface area contributed by atoms with Crippen LogP contribution in [0.1, 0.15) is 36.9 Å². The smallest absolute Gasteiger partial charge is 0.305 e. The number of hydrogen-bond donors (Lipinski definition) is 2. The van der Waals surface area contributed by atoms with Crippen LogP contribution in [0, 0.1) is 6.92 Å². The summed E-state index contributed by atoms with van der Waals surface area (Å²) in [6.07, 6.45) is 1.56. The quantitative estimate of drug-likeness (QED) is 0.543. The maximum Gasteiger partial charge on any atom is 0.305 e. The van der Waals surface area contributed by atoms with Gasteiger partial charge in [0.05, 0.1) is 19.1 Å². The Morgan fingerprint density at radius 1 is 1.41 bits per heavy atom. The van der Waals surface area contributed by atoms with Crippen LogP contribution in [-0.2, 0) is 14.3 Å². The van der Waals surface area contributed by atoms with Gasteiger partial charge < -0.3 is 15.2 Å². The van der Waals surface area contributed by atoms with E-state index >= 15 is 0 Å². The number of amides is 1. The first-order valence-electron chi connectivity index (χ1n) is 7.26. The normalized spacial score (nSPS) is 13.2. The number of rotatable bonds is 9. The number of benzene rings is 1. The maximum atomic E-state index is 12.2. The lowest BCUT2D eigenvalue weighted by Gasteiger charge is -2.21. The van der Waals surface area contributed by atoms with Gasteiger partial charge in [0.1, 0.15) is 6.10 Å². The Bertz CT molecular complexity index is 527. The zero-order valence-corrected chi connectivity index (χ0v) is 13.0. The summed E-state index contributed by atoms with van der Waals surface area (Å²) >= 11 is 0. The molecule has 0 bridgehead atoms. The van der Waals surface area contributed by atoms with Crippen molar-refractivity contribution in [1.29, 1.82) is 0 Å². The van der Waals surface area contributed by atoms with Crippen molar-refractivity contribution >= 4 is 11.9 Å². The lowest BCUT2D eigenvalue weighted by atomic mass is 9.98. The van der Waals surface area contributed by atoms with Gasteiger partial charge in [-0.1, -0.05) is 30.3 Å². The second kappa shape index (κ2) is 9.00. The molecule has 0 radical (unpaired) electrons. The zero-order chi connectivity index (χ0) is 16.5. The van der Waals surface area contributed by atoms with Crippen LogP contribution in [0.5, 0.6) is 0 Å². The summed E-state index contributed by atoms with van der Waals surface area (Å²) in [5.41, 5.74) is 1.74. The van der Waals surface area contributed by atoms with Gasteiger partial charge in [-0.2, -0.15) is 0 Å². The van der Waals surface area contributed by atoms with E-state index in [1.165, 1.54) is 0 Å². The van der Waals surface area contributed by atoms with Gasteiger partial charge in [-0.15, -0.1) is 6.58 Å². The van der Waals surface area contributed by atoms with Crippen molar-refractivity contribution in [2.45, 2.75) is 38.8 Å². The third kappa shape index (κ3) is 5.69. The SMILES string of the molecule is C=CCCOC(C)C(=O)NC(CC(=O)O)c1ccccc1C. The predicted octanol–water partition coefficient (Wildman–Crippen LogP) is 2.61. The lowest BCUT2D eigenvalue weighted by molar-refractivity contribution is -0.138. The Morgan fingerprint density at radius 2 is 2.09 bits per heavy atom. The standard InChI is InChI=1S/C17H23NO4/c1-4-5-10-22-13(3)17(21)18-15(11-16(19)20)14-9-7-6-8-12(14)2/h4,6-9,13,15H,1,5,10-11H2,2-3H3,(H,18,21)(H,19,20). The molecule has 0 aliphatic carbocycles. The monoisotopic (exact) mass is 305 g/mol. The van der Waals surface area contributed by atoms with Crippen molar-refractivity contribution in [3.05, 3.63) is 48.0 Å². The van der Waals surface area contributed by atoms with E-state index in [-0.39, 0.29) is 12.3 Å². The average Bonchev–Trinajstić information content (AvgIpc) is 2.46. The van der Waals surface area contributed by atoms with Gasteiger partial charge in [0.2, 0.25) is 5.91 Å². The highest BCUT2D eigenvalue weighted by Crippen LogP contribution is 2.21. The number of carbonyl (C=O) groups excluding carboxylic acids is 1. The second-order valence-electron chi connectivity index (χ2n) is 5.11. The van der Waals surface area contributed by atoms with Crippen LogP contribution in [0.3, 0.4) is 0 Å². The van der Waals surface area contributed by atoms with Crippen molar-refractivity contribution < 1.29 is 19.4 Å². The Morgan fingerprint density at radius 3 is 2.68 bits per heavy atom. The van der Waals surface area contributed by atoms with Gasteiger partial charge in [0.15, 0.2) is 0 Å². The van der Waals surface area contributed by atoms with Crippen LogP contribution >= 0.6 is 0 Å². The fourth-order valence-electron chi connectivity index (χ4n) is 2.08. The molecule has 2 N–H and O–H groups in total. The molecule has 0 aliphatic heterocycles. The second-order valence-corrected chi connectivity index (χ2v) is 5.11. The maximum absolute atomic E-state index is 12.2. The molecule has 22 heavy (non-hydrogen) atoms. The first-order valence-corrected chi connectivity index (χ1v) is 7.26. The number of aliphatic carboxylic acids is 1. The fraction of sp³-hybridized carbons (Fsp3) is 0.412. The molecule has 2 unspecified atom stereocenters. The number of hydrogen-bond acceptors (Lipinski definition) is 3. The highest BCUT2D eigenvalue weighted by atomic mass is 16.5. The molecule has 0 saturated heterocycles. The highest BCUT2D eigenvalue weighted by Gasteiger charge is 2.22. The van der Waals surface area contributed by atoms with Crippen molar-refractivity contribution in [3.8, 4) is 0 Å². The Balaban J connectivity index is 2.77. The summed E-state index contributed by atoms with van der Waals surface area (Å²) in [6.45, 7) is 7.53. The number of carboxylic acid groups (broad SMARTS) is 1. The largest absolute Gasteiger partial charge is 0.481 e. The van der Waals surface area contributed by atoms with Gasteiger partial charge in [-0.3, -0.25) is 9.59 Å². The van der Waals surface area contributed by atoms with E-state index in [0.717, 1.165) is 11.1 Å². The highest BCUT2D eigenvalue weighted by molar-refractivity contribution is 5.81. The molecule has 1 rings (SSSR count). The topological polar surface area (TPSA) is 75.6 Å². The number of nitrogens with one attached hydrogen (secondary N) is 1. The third-order valence-corrected chi connectivity index (χ3v) is 3.32. The molecule has 0 saturated carbocycles. The summed E-state index contributed by atoms with van der Waals surface area (Å²) in [4.78, 5) is 23.2. The molecule has 5 nitrogen and oxygen atoms in total. The molecule has 120 valence electrons. The van der Waals surface area contributed by atoms with Crippen LogP contribution in [0.4, 0.5) is 0 Å². The van der Waals surface area contributed by atoms with Crippen molar-refractivity contribution in [1.82, 2.24) is 5.32 Å². The molecule has 0 heterocycles. The Hall–Kier alpha value is -2.14. The van der Waals surface area contributed by atoms with E-state index in [1.54, 1.807) is 13.0 Å².